The number of rotatable bonds is 9. The number of hydrogen-bond donors (Lipinski definition) is 0. The van der Waals surface area contributed by atoms with Crippen LogP contribution in [0.4, 0.5) is 0 Å². The van der Waals surface area contributed by atoms with Crippen molar-refractivity contribution < 1.29 is 19.1 Å². The molecule has 3 rings (SSSR count). The van der Waals surface area contributed by atoms with E-state index in [0.717, 1.165) is 29.1 Å². The van der Waals surface area contributed by atoms with Crippen molar-refractivity contribution in [3.05, 3.63) is 52.3 Å². The Labute approximate surface area is 176 Å². The highest BCUT2D eigenvalue weighted by atomic mass is 32.2. The second kappa shape index (κ2) is 9.63. The highest BCUT2D eigenvalue weighted by Gasteiger charge is 2.20. The van der Waals surface area contributed by atoms with Crippen molar-refractivity contribution in [3.8, 4) is 0 Å². The molecule has 1 unspecified atom stereocenters. The van der Waals surface area contributed by atoms with Gasteiger partial charge in [-0.25, -0.2) is 0 Å². The van der Waals surface area contributed by atoms with Crippen LogP contribution in [0.15, 0.2) is 29.2 Å². The van der Waals surface area contributed by atoms with Crippen LogP contribution < -0.4 is 0 Å². The van der Waals surface area contributed by atoms with Crippen molar-refractivity contribution in [3.63, 3.8) is 0 Å². The number of benzene rings is 1. The van der Waals surface area contributed by atoms with Crippen molar-refractivity contribution in [1.29, 1.82) is 0 Å². The van der Waals surface area contributed by atoms with E-state index in [0.29, 0.717) is 12.2 Å². The van der Waals surface area contributed by atoms with Gasteiger partial charge in [0.2, 0.25) is 5.78 Å². The molecule has 1 aliphatic carbocycles. The minimum Gasteiger partial charge on any atom is -0.457 e. The zero-order chi connectivity index (χ0) is 21.0. The molecule has 0 bridgehead atoms. The quantitative estimate of drug-likeness (QED) is 0.347. The zero-order valence-electron chi connectivity index (χ0n) is 17.6. The Balaban J connectivity index is 1.52. The van der Waals surface area contributed by atoms with Crippen LogP contribution in [0.1, 0.15) is 52.3 Å². The van der Waals surface area contributed by atoms with Gasteiger partial charge in [0.25, 0.3) is 0 Å². The molecule has 2 aromatic rings. The number of fused-ring (bicyclic) bond motifs is 1. The number of aryl methyl sites for hydroxylation is 3. The third kappa shape index (κ3) is 5.11. The summed E-state index contributed by atoms with van der Waals surface area (Å²) in [7, 11) is 1.66. The lowest BCUT2D eigenvalue weighted by Crippen LogP contribution is -2.17. The van der Waals surface area contributed by atoms with Gasteiger partial charge in [0.05, 0.1) is 18.4 Å². The molecule has 0 aliphatic heterocycles. The first kappa shape index (κ1) is 21.7. The molecule has 1 aromatic carbocycles. The molecule has 1 aliphatic rings. The molecule has 5 nitrogen and oxygen atoms in total. The molecule has 156 valence electrons. The summed E-state index contributed by atoms with van der Waals surface area (Å²) in [6.45, 7) is 6.27. The molecule has 1 heterocycles. The lowest BCUT2D eigenvalue weighted by molar-refractivity contribution is -0.139. The lowest BCUT2D eigenvalue weighted by atomic mass is 10.1. The molecule has 0 spiro atoms. The van der Waals surface area contributed by atoms with E-state index < -0.39 is 0 Å². The van der Waals surface area contributed by atoms with E-state index in [1.807, 2.05) is 26.8 Å². The fraction of sp³-hybridized carbons (Fsp3) is 0.478. The van der Waals surface area contributed by atoms with E-state index in [1.54, 1.807) is 7.11 Å². The minimum absolute atomic E-state index is 0.132. The summed E-state index contributed by atoms with van der Waals surface area (Å²) >= 11 is 1.46. The Morgan fingerprint density at radius 1 is 1.17 bits per heavy atom. The van der Waals surface area contributed by atoms with Gasteiger partial charge in [-0.1, -0.05) is 6.07 Å². The van der Waals surface area contributed by atoms with Gasteiger partial charge < -0.3 is 14.0 Å². The van der Waals surface area contributed by atoms with Crippen molar-refractivity contribution in [1.82, 2.24) is 4.57 Å². The van der Waals surface area contributed by atoms with Gasteiger partial charge in [-0.15, -0.1) is 11.8 Å². The van der Waals surface area contributed by atoms with Crippen LogP contribution in [0.25, 0.3) is 0 Å². The summed E-state index contributed by atoms with van der Waals surface area (Å²) in [5.41, 5.74) is 5.27. The van der Waals surface area contributed by atoms with Crippen LogP contribution in [0.2, 0.25) is 0 Å². The number of ketones is 1. The second-order valence-corrected chi connectivity index (χ2v) is 8.66. The molecule has 0 radical (unpaired) electrons. The smallest absolute Gasteiger partial charge is 0.316 e. The van der Waals surface area contributed by atoms with Gasteiger partial charge in [-0.05, 0) is 69.4 Å². The summed E-state index contributed by atoms with van der Waals surface area (Å²) in [6.07, 6.45) is 3.47. The molecular formula is C23H29NO4S. The lowest BCUT2D eigenvalue weighted by Gasteiger charge is -2.17. The SMILES string of the molecule is COCC(C)n1c(C)cc(C(=O)COC(=O)CSc2ccc3c(c2)CCC3)c1C. The zero-order valence-corrected chi connectivity index (χ0v) is 18.4. The number of hydrogen-bond acceptors (Lipinski definition) is 5. The maximum absolute atomic E-state index is 12.6. The normalized spacial score (nSPS) is 13.9. The third-order valence-corrected chi connectivity index (χ3v) is 6.39. The van der Waals surface area contributed by atoms with Gasteiger partial charge in [0.1, 0.15) is 0 Å². The average Bonchev–Trinajstić information content (AvgIpc) is 3.28. The van der Waals surface area contributed by atoms with Crippen LogP contribution in [0.5, 0.6) is 0 Å². The topological polar surface area (TPSA) is 57.5 Å². The number of esters is 1. The largest absolute Gasteiger partial charge is 0.457 e. The summed E-state index contributed by atoms with van der Waals surface area (Å²) < 4.78 is 12.6. The minimum atomic E-state index is -0.370. The number of methoxy groups -OCH3 is 1. The molecular weight excluding hydrogens is 386 g/mol. The molecule has 1 atom stereocenters. The van der Waals surface area contributed by atoms with E-state index in [4.69, 9.17) is 9.47 Å². The molecule has 0 N–H and O–H groups in total. The van der Waals surface area contributed by atoms with Gasteiger partial charge in [-0.2, -0.15) is 0 Å². The summed E-state index contributed by atoms with van der Waals surface area (Å²) in [6, 6.07) is 8.37. The molecule has 1 aromatic heterocycles. The highest BCUT2D eigenvalue weighted by molar-refractivity contribution is 8.00. The average molecular weight is 416 g/mol. The Hall–Kier alpha value is -2.05. The number of aromatic nitrogens is 1. The van der Waals surface area contributed by atoms with Crippen LogP contribution in [0.3, 0.4) is 0 Å². The summed E-state index contributed by atoms with van der Waals surface area (Å²) in [5, 5.41) is 0. The predicted molar refractivity (Wildman–Crippen MR) is 115 cm³/mol. The molecule has 0 amide bonds. The van der Waals surface area contributed by atoms with Crippen LogP contribution in [-0.2, 0) is 27.1 Å². The number of carbonyl (C=O) groups excluding carboxylic acids is 2. The molecule has 6 heteroatoms. The van der Waals surface area contributed by atoms with E-state index >= 15 is 0 Å². The fourth-order valence-corrected chi connectivity index (χ4v) is 4.86. The maximum Gasteiger partial charge on any atom is 0.316 e. The summed E-state index contributed by atoms with van der Waals surface area (Å²) in [5.74, 6) is -0.342. The molecule has 0 saturated carbocycles. The number of thioether (sulfide) groups is 1. The van der Waals surface area contributed by atoms with Gasteiger partial charge in [0, 0.05) is 29.0 Å². The standard InChI is InChI=1S/C23H29NO4S/c1-15-10-21(17(3)24(15)16(2)12-27-4)22(25)13-28-23(26)14-29-20-9-8-18-6-5-7-19(18)11-20/h8-11,16H,5-7,12-14H2,1-4H3. The number of Topliss-reactive ketones (excluding diaryl/α,β-unsaturated/α-hetero) is 1. The van der Waals surface area contributed by atoms with Crippen LogP contribution in [0, 0.1) is 13.8 Å². The van der Waals surface area contributed by atoms with Crippen molar-refractivity contribution in [2.75, 3.05) is 26.1 Å². The van der Waals surface area contributed by atoms with Crippen LogP contribution in [-0.4, -0.2) is 42.4 Å². The van der Waals surface area contributed by atoms with E-state index in [2.05, 4.69) is 22.8 Å². The van der Waals surface area contributed by atoms with Crippen molar-refractivity contribution in [2.45, 2.75) is 51.0 Å². The van der Waals surface area contributed by atoms with Crippen molar-refractivity contribution >= 4 is 23.5 Å². The molecule has 29 heavy (non-hydrogen) atoms. The first-order chi connectivity index (χ1) is 13.9. The summed E-state index contributed by atoms with van der Waals surface area (Å²) in [4.78, 5) is 25.8. The number of ether oxygens (including phenoxy) is 2. The Kier molecular flexibility index (Phi) is 7.19. The Morgan fingerprint density at radius 3 is 2.69 bits per heavy atom. The molecule has 0 saturated heterocycles. The maximum atomic E-state index is 12.6. The van der Waals surface area contributed by atoms with Gasteiger partial charge >= 0.3 is 5.97 Å². The fourth-order valence-electron chi connectivity index (χ4n) is 4.10. The first-order valence-corrected chi connectivity index (χ1v) is 11.0. The van der Waals surface area contributed by atoms with Gasteiger partial charge in [0.15, 0.2) is 6.61 Å². The number of carbonyl (C=O) groups is 2. The Morgan fingerprint density at radius 2 is 1.93 bits per heavy atom. The molecule has 0 fully saturated rings. The highest BCUT2D eigenvalue weighted by Crippen LogP contribution is 2.27. The van der Waals surface area contributed by atoms with E-state index in [1.165, 1.54) is 29.3 Å². The second-order valence-electron chi connectivity index (χ2n) is 7.62. The van der Waals surface area contributed by atoms with Gasteiger partial charge in [-0.3, -0.25) is 9.59 Å². The Bertz CT molecular complexity index is 903. The third-order valence-electron chi connectivity index (χ3n) is 5.42. The predicted octanol–water partition coefficient (Wildman–Crippen LogP) is 4.32. The van der Waals surface area contributed by atoms with E-state index in [9.17, 15) is 9.59 Å². The van der Waals surface area contributed by atoms with Crippen molar-refractivity contribution in [2.24, 2.45) is 0 Å². The van der Waals surface area contributed by atoms with Crippen LogP contribution >= 0.6 is 11.8 Å². The number of nitrogens with zero attached hydrogens (tertiary/aromatic N) is 1. The van der Waals surface area contributed by atoms with E-state index in [-0.39, 0.29) is 30.2 Å². The monoisotopic (exact) mass is 415 g/mol. The first-order valence-electron chi connectivity index (χ1n) is 10.0.